The topological polar surface area (TPSA) is 67.2 Å². The molecule has 0 radical (unpaired) electrons. The molecule has 0 aliphatic heterocycles. The molecule has 0 atom stereocenters. The van der Waals surface area contributed by atoms with Gasteiger partial charge in [0.15, 0.2) is 0 Å². The molecule has 0 bridgehead atoms. The van der Waals surface area contributed by atoms with Crippen molar-refractivity contribution in [1.29, 1.82) is 5.26 Å². The van der Waals surface area contributed by atoms with Gasteiger partial charge < -0.3 is 4.74 Å². The van der Waals surface area contributed by atoms with Crippen LogP contribution in [0, 0.1) is 11.3 Å². The van der Waals surface area contributed by atoms with Gasteiger partial charge >= 0.3 is 6.61 Å². The van der Waals surface area contributed by atoms with E-state index in [1.807, 2.05) is 0 Å². The monoisotopic (exact) mass is 299 g/mol. The molecule has 0 amide bonds. The van der Waals surface area contributed by atoms with Crippen molar-refractivity contribution in [3.05, 3.63) is 17.7 Å². The van der Waals surface area contributed by atoms with Crippen molar-refractivity contribution >= 4 is 32.4 Å². The lowest BCUT2D eigenvalue weighted by atomic mass is 10.2. The molecule has 0 spiro atoms. The Labute approximate surface area is 106 Å². The molecule has 0 fully saturated rings. The van der Waals surface area contributed by atoms with Gasteiger partial charge in [-0.2, -0.15) is 14.0 Å². The highest BCUT2D eigenvalue weighted by atomic mass is 35.7. The van der Waals surface area contributed by atoms with Crippen LogP contribution in [0.2, 0.25) is 0 Å². The Balaban J connectivity index is 3.52. The molecule has 1 rings (SSSR count). The second-order valence-corrected chi connectivity index (χ2v) is 5.74. The van der Waals surface area contributed by atoms with E-state index < -0.39 is 26.3 Å². The first-order valence-corrected chi connectivity index (χ1v) is 6.68. The van der Waals surface area contributed by atoms with E-state index in [2.05, 4.69) is 17.4 Å². The maximum Gasteiger partial charge on any atom is 0.387 e. The molecule has 0 heterocycles. The van der Waals surface area contributed by atoms with Crippen molar-refractivity contribution in [1.82, 2.24) is 0 Å². The van der Waals surface area contributed by atoms with Gasteiger partial charge in [-0.25, -0.2) is 8.42 Å². The van der Waals surface area contributed by atoms with Crippen LogP contribution in [0.4, 0.5) is 8.78 Å². The number of benzene rings is 1. The molecular formula is C8H4ClF2NO3S2. The average Bonchev–Trinajstić information content (AvgIpc) is 2.13. The van der Waals surface area contributed by atoms with Crippen LogP contribution in [-0.4, -0.2) is 15.0 Å². The highest BCUT2D eigenvalue weighted by Gasteiger charge is 2.23. The summed E-state index contributed by atoms with van der Waals surface area (Å²) in [7, 11) is 0.757. The minimum absolute atomic E-state index is 0.0743. The summed E-state index contributed by atoms with van der Waals surface area (Å²) in [6, 6.07) is 3.58. The van der Waals surface area contributed by atoms with E-state index in [0.29, 0.717) is 0 Å². The van der Waals surface area contributed by atoms with E-state index in [9.17, 15) is 17.2 Å². The normalized spacial score (nSPS) is 11.3. The third-order valence-corrected chi connectivity index (χ3v) is 3.50. The quantitative estimate of drug-likeness (QED) is 0.687. The number of hydrogen-bond donors (Lipinski definition) is 1. The largest absolute Gasteiger partial charge is 0.433 e. The molecule has 1 aromatic carbocycles. The zero-order valence-corrected chi connectivity index (χ0v) is 10.4. The lowest BCUT2D eigenvalue weighted by Crippen LogP contribution is -2.07. The van der Waals surface area contributed by atoms with Crippen molar-refractivity contribution in [3.8, 4) is 11.8 Å². The fourth-order valence-electron chi connectivity index (χ4n) is 1.08. The number of ether oxygens (including phenoxy) is 1. The third kappa shape index (κ3) is 3.46. The minimum Gasteiger partial charge on any atom is -0.433 e. The molecular weight excluding hydrogens is 296 g/mol. The number of nitriles is 1. The van der Waals surface area contributed by atoms with Crippen molar-refractivity contribution in [2.45, 2.75) is 16.4 Å². The Hall–Kier alpha value is -1.04. The maximum atomic E-state index is 12.1. The molecule has 0 unspecified atom stereocenters. The Bertz CT molecular complexity index is 583. The zero-order chi connectivity index (χ0) is 13.2. The van der Waals surface area contributed by atoms with Crippen LogP contribution in [-0.2, 0) is 9.05 Å². The van der Waals surface area contributed by atoms with Crippen molar-refractivity contribution < 1.29 is 21.9 Å². The van der Waals surface area contributed by atoms with E-state index in [0.717, 1.165) is 12.1 Å². The predicted octanol–water partition coefficient (Wildman–Crippen LogP) is 2.38. The SMILES string of the molecule is N#Cc1cc(S)c(S(=O)(=O)Cl)c(OC(F)F)c1. The van der Waals surface area contributed by atoms with Crippen LogP contribution in [0.15, 0.2) is 21.9 Å². The zero-order valence-electron chi connectivity index (χ0n) is 7.89. The van der Waals surface area contributed by atoms with Gasteiger partial charge in [0.1, 0.15) is 10.6 Å². The van der Waals surface area contributed by atoms with Crippen molar-refractivity contribution in [2.75, 3.05) is 0 Å². The van der Waals surface area contributed by atoms with Crippen molar-refractivity contribution in [2.24, 2.45) is 0 Å². The van der Waals surface area contributed by atoms with Gasteiger partial charge in [0, 0.05) is 15.6 Å². The molecule has 4 nitrogen and oxygen atoms in total. The highest BCUT2D eigenvalue weighted by molar-refractivity contribution is 8.14. The van der Waals surface area contributed by atoms with Crippen LogP contribution in [0.1, 0.15) is 5.56 Å². The Kier molecular flexibility index (Phi) is 4.19. The van der Waals surface area contributed by atoms with E-state index in [-0.39, 0.29) is 10.5 Å². The summed E-state index contributed by atoms with van der Waals surface area (Å²) >= 11 is 3.77. The van der Waals surface area contributed by atoms with E-state index >= 15 is 0 Å². The first-order valence-electron chi connectivity index (χ1n) is 3.92. The molecule has 17 heavy (non-hydrogen) atoms. The molecule has 0 saturated carbocycles. The van der Waals surface area contributed by atoms with Crippen LogP contribution in [0.3, 0.4) is 0 Å². The Morgan fingerprint density at radius 3 is 2.47 bits per heavy atom. The smallest absolute Gasteiger partial charge is 0.387 e. The average molecular weight is 300 g/mol. The molecule has 0 saturated heterocycles. The number of halogens is 3. The molecule has 0 aliphatic carbocycles. The predicted molar refractivity (Wildman–Crippen MR) is 58.1 cm³/mol. The summed E-state index contributed by atoms with van der Waals surface area (Å²) < 4.78 is 50.5. The first-order chi connectivity index (χ1) is 7.75. The molecule has 0 aromatic heterocycles. The summed E-state index contributed by atoms with van der Waals surface area (Å²) in [5.41, 5.74) is -0.0743. The Morgan fingerprint density at radius 2 is 2.06 bits per heavy atom. The van der Waals surface area contributed by atoms with Gasteiger partial charge in [-0.3, -0.25) is 0 Å². The molecule has 9 heteroatoms. The first kappa shape index (κ1) is 14.0. The third-order valence-electron chi connectivity index (χ3n) is 1.62. The lowest BCUT2D eigenvalue weighted by molar-refractivity contribution is -0.0519. The Morgan fingerprint density at radius 1 is 1.47 bits per heavy atom. The van der Waals surface area contributed by atoms with Crippen LogP contribution >= 0.6 is 23.3 Å². The summed E-state index contributed by atoms with van der Waals surface area (Å²) in [5, 5.41) is 8.60. The summed E-state index contributed by atoms with van der Waals surface area (Å²) in [6.07, 6.45) is 0. The number of rotatable bonds is 3. The molecule has 0 N–H and O–H groups in total. The van der Waals surface area contributed by atoms with Gasteiger partial charge in [-0.15, -0.1) is 12.6 Å². The van der Waals surface area contributed by atoms with Crippen LogP contribution in [0.5, 0.6) is 5.75 Å². The number of nitrogens with zero attached hydrogens (tertiary/aromatic N) is 1. The highest BCUT2D eigenvalue weighted by Crippen LogP contribution is 2.34. The van der Waals surface area contributed by atoms with Gasteiger partial charge in [-0.1, -0.05) is 0 Å². The minimum atomic E-state index is -4.31. The molecule has 0 aliphatic rings. The van der Waals surface area contributed by atoms with Gasteiger partial charge in [0.25, 0.3) is 9.05 Å². The standard InChI is InChI=1S/C8H4ClF2NO3S2/c9-17(13,14)7-5(15-8(10)11)1-4(3-12)2-6(7)16/h1-2,8,16H. The summed E-state index contributed by atoms with van der Waals surface area (Å²) in [6.45, 7) is -3.24. The number of thiol groups is 1. The maximum absolute atomic E-state index is 12.1. The second kappa shape index (κ2) is 5.08. The van der Waals surface area contributed by atoms with Gasteiger partial charge in [-0.05, 0) is 12.1 Å². The van der Waals surface area contributed by atoms with E-state index in [4.69, 9.17) is 15.9 Å². The van der Waals surface area contributed by atoms with Gasteiger partial charge in [0.05, 0.1) is 11.6 Å². The molecule has 92 valence electrons. The second-order valence-electron chi connectivity index (χ2n) is 2.75. The van der Waals surface area contributed by atoms with E-state index in [1.165, 1.54) is 0 Å². The summed E-state index contributed by atoms with van der Waals surface area (Å²) in [5.74, 6) is -0.709. The fourth-order valence-corrected chi connectivity index (χ4v) is 2.99. The van der Waals surface area contributed by atoms with Gasteiger partial charge in [0.2, 0.25) is 0 Å². The molecule has 1 aromatic rings. The summed E-state index contributed by atoms with van der Waals surface area (Å²) in [4.78, 5) is -0.934. The van der Waals surface area contributed by atoms with Crippen LogP contribution in [0.25, 0.3) is 0 Å². The lowest BCUT2D eigenvalue weighted by Gasteiger charge is -2.10. The van der Waals surface area contributed by atoms with E-state index in [1.54, 1.807) is 6.07 Å². The van der Waals surface area contributed by atoms with Crippen molar-refractivity contribution in [3.63, 3.8) is 0 Å². The number of hydrogen-bond acceptors (Lipinski definition) is 5. The van der Waals surface area contributed by atoms with Crippen LogP contribution < -0.4 is 4.74 Å². The fraction of sp³-hybridized carbons (Fsp3) is 0.125. The number of alkyl halides is 2.